The van der Waals surface area contributed by atoms with Gasteiger partial charge in [-0.15, -0.1) is 11.3 Å². The van der Waals surface area contributed by atoms with Gasteiger partial charge in [0.15, 0.2) is 5.69 Å². The van der Waals surface area contributed by atoms with Gasteiger partial charge < -0.3 is 14.4 Å². The lowest BCUT2D eigenvalue weighted by Gasteiger charge is -2.21. The van der Waals surface area contributed by atoms with Crippen molar-refractivity contribution < 1.29 is 19.1 Å². The zero-order chi connectivity index (χ0) is 20.4. The molecule has 0 atom stereocenters. The first-order valence-corrected chi connectivity index (χ1v) is 10.4. The van der Waals surface area contributed by atoms with Crippen molar-refractivity contribution in [1.82, 2.24) is 9.88 Å². The summed E-state index contributed by atoms with van der Waals surface area (Å²) >= 11 is 1.33. The molecule has 7 heteroatoms. The van der Waals surface area contributed by atoms with E-state index in [4.69, 9.17) is 4.74 Å². The van der Waals surface area contributed by atoms with E-state index in [-0.39, 0.29) is 11.6 Å². The first-order valence-electron chi connectivity index (χ1n) is 9.48. The number of carbonyl (C=O) groups is 2. The minimum absolute atomic E-state index is 0.0769. The van der Waals surface area contributed by atoms with Gasteiger partial charge in [-0.3, -0.25) is 4.79 Å². The molecule has 2 rings (SSSR count). The molecule has 0 saturated carbocycles. The van der Waals surface area contributed by atoms with Crippen LogP contribution in [-0.2, 0) is 22.4 Å². The second-order valence-corrected chi connectivity index (χ2v) is 7.43. The molecule has 0 unspecified atom stereocenters. The van der Waals surface area contributed by atoms with Crippen LogP contribution in [0.2, 0.25) is 0 Å². The summed E-state index contributed by atoms with van der Waals surface area (Å²) in [6, 6.07) is 7.81. The van der Waals surface area contributed by atoms with Crippen molar-refractivity contribution in [3.8, 4) is 0 Å². The predicted octanol–water partition coefficient (Wildman–Crippen LogP) is 3.95. The fourth-order valence-corrected chi connectivity index (χ4v) is 3.55. The molecule has 1 heterocycles. The predicted molar refractivity (Wildman–Crippen MR) is 110 cm³/mol. The molecule has 6 nitrogen and oxygen atoms in total. The Labute approximate surface area is 170 Å². The van der Waals surface area contributed by atoms with Gasteiger partial charge in [0.25, 0.3) is 5.91 Å². The second-order valence-electron chi connectivity index (χ2n) is 6.49. The molecule has 0 aliphatic carbocycles. The number of unbranched alkanes of at least 4 members (excludes halogenated alkanes) is 2. The third-order valence-corrected chi connectivity index (χ3v) is 5.23. The summed E-state index contributed by atoms with van der Waals surface area (Å²) in [4.78, 5) is 30.5. The average Bonchev–Trinajstić information content (AvgIpc) is 3.19. The number of aryl methyl sites for hydroxylation is 1. The summed E-state index contributed by atoms with van der Waals surface area (Å²) in [5.41, 5.74) is 2.15. The van der Waals surface area contributed by atoms with Crippen LogP contribution in [-0.4, -0.2) is 49.1 Å². The van der Waals surface area contributed by atoms with E-state index in [2.05, 4.69) is 16.6 Å². The Hall–Kier alpha value is -2.25. The highest BCUT2D eigenvalue weighted by Crippen LogP contribution is 2.16. The van der Waals surface area contributed by atoms with Gasteiger partial charge in [-0.2, -0.15) is 0 Å². The third-order valence-electron chi connectivity index (χ3n) is 4.39. The topological polar surface area (TPSA) is 68.7 Å². The van der Waals surface area contributed by atoms with Crippen LogP contribution in [0.5, 0.6) is 0 Å². The third kappa shape index (κ3) is 6.42. The summed E-state index contributed by atoms with van der Waals surface area (Å²) in [5, 5.41) is 2.33. The highest BCUT2D eigenvalue weighted by Gasteiger charge is 2.19. The average molecular weight is 405 g/mol. The minimum Gasteiger partial charge on any atom is -0.464 e. The van der Waals surface area contributed by atoms with Crippen molar-refractivity contribution in [2.24, 2.45) is 0 Å². The van der Waals surface area contributed by atoms with E-state index in [1.165, 1.54) is 36.9 Å². The summed E-state index contributed by atoms with van der Waals surface area (Å²) in [7, 11) is 2.92. The number of methoxy groups -OCH3 is 2. The molecular weight excluding hydrogens is 376 g/mol. The molecule has 0 bridgehead atoms. The maximum Gasteiger partial charge on any atom is 0.357 e. The maximum absolute atomic E-state index is 13.0. The van der Waals surface area contributed by atoms with Crippen LogP contribution in [0.25, 0.3) is 0 Å². The fraction of sp³-hybridized carbons (Fsp3) is 0.476. The molecule has 0 aliphatic heterocycles. The van der Waals surface area contributed by atoms with E-state index < -0.39 is 5.97 Å². The zero-order valence-electron chi connectivity index (χ0n) is 16.8. The Morgan fingerprint density at radius 3 is 2.54 bits per heavy atom. The van der Waals surface area contributed by atoms with Crippen LogP contribution in [0.15, 0.2) is 29.6 Å². The molecule has 28 heavy (non-hydrogen) atoms. The molecule has 1 amide bonds. The lowest BCUT2D eigenvalue weighted by molar-refractivity contribution is 0.0594. The molecule has 0 aliphatic rings. The number of aromatic nitrogens is 1. The summed E-state index contributed by atoms with van der Waals surface area (Å²) in [6.07, 6.45) is 4.60. The fourth-order valence-electron chi connectivity index (χ4n) is 2.77. The Kier molecular flexibility index (Phi) is 9.10. The van der Waals surface area contributed by atoms with Crippen molar-refractivity contribution in [1.29, 1.82) is 0 Å². The van der Waals surface area contributed by atoms with Gasteiger partial charge >= 0.3 is 5.97 Å². The second kappa shape index (κ2) is 11.6. The van der Waals surface area contributed by atoms with E-state index in [0.29, 0.717) is 30.3 Å². The van der Waals surface area contributed by atoms with E-state index in [1.54, 1.807) is 17.4 Å². The van der Waals surface area contributed by atoms with Crippen molar-refractivity contribution in [3.05, 3.63) is 51.5 Å². The highest BCUT2D eigenvalue weighted by molar-refractivity contribution is 7.09. The molecule has 0 saturated heterocycles. The molecular formula is C21H28N2O4S. The number of esters is 1. The van der Waals surface area contributed by atoms with Crippen LogP contribution in [0.4, 0.5) is 0 Å². The van der Waals surface area contributed by atoms with Gasteiger partial charge in [-0.1, -0.05) is 31.9 Å². The van der Waals surface area contributed by atoms with Gasteiger partial charge in [0.2, 0.25) is 0 Å². The molecule has 1 aromatic heterocycles. The minimum atomic E-state index is -0.476. The Balaban J connectivity index is 2.07. The van der Waals surface area contributed by atoms with E-state index in [1.807, 2.05) is 24.3 Å². The Morgan fingerprint density at radius 2 is 1.89 bits per heavy atom. The van der Waals surface area contributed by atoms with Crippen LogP contribution in [0, 0.1) is 0 Å². The number of hydrogen-bond donors (Lipinski definition) is 0. The lowest BCUT2D eigenvalue weighted by Crippen LogP contribution is -2.33. The van der Waals surface area contributed by atoms with Crippen molar-refractivity contribution >= 4 is 23.2 Å². The zero-order valence-corrected chi connectivity index (χ0v) is 17.6. The SMILES string of the molecule is CCCCCc1ccc(C(=O)N(CCOC)Cc2nc(C(=O)OC)cs2)cc1. The monoisotopic (exact) mass is 404 g/mol. The van der Waals surface area contributed by atoms with Crippen LogP contribution in [0.3, 0.4) is 0 Å². The number of carbonyl (C=O) groups excluding carboxylic acids is 2. The molecule has 0 radical (unpaired) electrons. The maximum atomic E-state index is 13.0. The van der Waals surface area contributed by atoms with E-state index in [9.17, 15) is 9.59 Å². The molecule has 152 valence electrons. The number of rotatable bonds is 11. The lowest BCUT2D eigenvalue weighted by atomic mass is 10.0. The van der Waals surface area contributed by atoms with Gasteiger partial charge in [0.1, 0.15) is 5.01 Å². The highest BCUT2D eigenvalue weighted by atomic mass is 32.1. The summed E-state index contributed by atoms with van der Waals surface area (Å²) in [6.45, 7) is 3.38. The molecule has 1 aromatic carbocycles. The van der Waals surface area contributed by atoms with Gasteiger partial charge in [0, 0.05) is 24.6 Å². The van der Waals surface area contributed by atoms with Crippen LogP contribution < -0.4 is 0 Å². The number of thiazole rings is 1. The van der Waals surface area contributed by atoms with Gasteiger partial charge in [-0.05, 0) is 30.5 Å². The van der Waals surface area contributed by atoms with E-state index in [0.717, 1.165) is 12.8 Å². The number of amides is 1. The first kappa shape index (κ1) is 22.0. The van der Waals surface area contributed by atoms with Crippen LogP contribution in [0.1, 0.15) is 57.6 Å². The Morgan fingerprint density at radius 1 is 1.14 bits per heavy atom. The molecule has 0 N–H and O–H groups in total. The number of nitrogens with zero attached hydrogens (tertiary/aromatic N) is 2. The van der Waals surface area contributed by atoms with Gasteiger partial charge in [0.05, 0.1) is 20.3 Å². The first-order chi connectivity index (χ1) is 13.6. The molecule has 0 fully saturated rings. The van der Waals surface area contributed by atoms with Crippen LogP contribution >= 0.6 is 11.3 Å². The number of benzene rings is 1. The van der Waals surface area contributed by atoms with E-state index >= 15 is 0 Å². The van der Waals surface area contributed by atoms with Crippen molar-refractivity contribution in [2.45, 2.75) is 39.2 Å². The number of hydrogen-bond acceptors (Lipinski definition) is 6. The normalized spacial score (nSPS) is 10.7. The largest absolute Gasteiger partial charge is 0.464 e. The van der Waals surface area contributed by atoms with Crippen molar-refractivity contribution in [2.75, 3.05) is 27.4 Å². The smallest absolute Gasteiger partial charge is 0.357 e. The molecule has 0 spiro atoms. The molecule has 2 aromatic rings. The van der Waals surface area contributed by atoms with Gasteiger partial charge in [-0.25, -0.2) is 9.78 Å². The summed E-state index contributed by atoms with van der Waals surface area (Å²) in [5.74, 6) is -0.553. The van der Waals surface area contributed by atoms with Crippen molar-refractivity contribution in [3.63, 3.8) is 0 Å². The Bertz CT molecular complexity index is 758. The number of ether oxygens (including phenoxy) is 2. The standard InChI is InChI=1S/C21H28N2O4S/c1-4-5-6-7-16-8-10-17(11-9-16)20(24)23(12-13-26-2)14-19-22-18(15-28-19)21(25)27-3/h8-11,15H,4-7,12-14H2,1-3H3. The quantitative estimate of drug-likeness (QED) is 0.419. The summed E-state index contributed by atoms with van der Waals surface area (Å²) < 4.78 is 9.83.